The summed E-state index contributed by atoms with van der Waals surface area (Å²) in [6.07, 6.45) is 1.69. The van der Waals surface area contributed by atoms with Crippen LogP contribution in [-0.2, 0) is 17.3 Å². The summed E-state index contributed by atoms with van der Waals surface area (Å²) in [5.41, 5.74) is 3.08. The first kappa shape index (κ1) is 14.7. The molecule has 106 valence electrons. The van der Waals surface area contributed by atoms with Crippen LogP contribution in [0, 0.1) is 13.8 Å². The van der Waals surface area contributed by atoms with Gasteiger partial charge in [-0.15, -0.1) is 0 Å². The fraction of sp³-hybridized carbons (Fsp3) is 0.333. The number of hydrogen-bond acceptors (Lipinski definition) is 4. The van der Waals surface area contributed by atoms with E-state index < -0.39 is 10.8 Å². The zero-order valence-corrected chi connectivity index (χ0v) is 13.1. The highest BCUT2D eigenvalue weighted by Gasteiger charge is 2.07. The molecule has 0 saturated heterocycles. The third-order valence-electron chi connectivity index (χ3n) is 2.99. The summed E-state index contributed by atoms with van der Waals surface area (Å²) in [7, 11) is 1.04. The van der Waals surface area contributed by atoms with Crippen molar-refractivity contribution in [1.82, 2.24) is 9.97 Å². The number of rotatable bonds is 4. The molecule has 1 aromatic heterocycles. The summed E-state index contributed by atoms with van der Waals surface area (Å²) in [5.74, 6) is 0.727. The van der Waals surface area contributed by atoms with Crippen LogP contribution in [0.2, 0.25) is 0 Å². The lowest BCUT2D eigenvalue weighted by Gasteiger charge is -2.18. The molecule has 0 aliphatic heterocycles. The van der Waals surface area contributed by atoms with Crippen molar-refractivity contribution < 1.29 is 4.21 Å². The molecule has 0 saturated carbocycles. The molecule has 0 amide bonds. The third-order valence-corrected chi connectivity index (χ3v) is 3.92. The van der Waals surface area contributed by atoms with E-state index in [1.807, 2.05) is 56.1 Å². The molecule has 0 radical (unpaired) electrons. The van der Waals surface area contributed by atoms with Crippen LogP contribution in [0.1, 0.15) is 17.0 Å². The molecule has 5 heteroatoms. The van der Waals surface area contributed by atoms with E-state index in [1.165, 1.54) is 0 Å². The molecule has 0 spiro atoms. The number of aromatic nitrogens is 2. The average molecular weight is 289 g/mol. The van der Waals surface area contributed by atoms with Crippen molar-refractivity contribution in [2.45, 2.75) is 25.3 Å². The van der Waals surface area contributed by atoms with Gasteiger partial charge in [0.2, 0.25) is 5.95 Å². The van der Waals surface area contributed by atoms with Gasteiger partial charge in [-0.25, -0.2) is 9.97 Å². The standard InChI is InChI=1S/C15H19N3OS/c1-11-9-12(2)17-15(16-11)18(3)10-13-5-7-14(8-6-13)20(4)19/h5-9H,10H2,1-4H3/t20-/m1/s1. The van der Waals surface area contributed by atoms with Crippen LogP contribution in [0.5, 0.6) is 0 Å². The van der Waals surface area contributed by atoms with Crippen LogP contribution in [0.4, 0.5) is 5.95 Å². The minimum Gasteiger partial charge on any atom is -0.340 e. The maximum Gasteiger partial charge on any atom is 0.225 e. The third kappa shape index (κ3) is 3.63. The lowest BCUT2D eigenvalue weighted by molar-refractivity contribution is 0.686. The molecule has 0 bridgehead atoms. The first-order chi connectivity index (χ1) is 9.45. The van der Waals surface area contributed by atoms with Crippen molar-refractivity contribution in [3.8, 4) is 0 Å². The average Bonchev–Trinajstić information content (AvgIpc) is 2.38. The second-order valence-electron chi connectivity index (χ2n) is 4.90. The smallest absolute Gasteiger partial charge is 0.225 e. The summed E-state index contributed by atoms with van der Waals surface area (Å²) in [5, 5.41) is 0. The highest BCUT2D eigenvalue weighted by atomic mass is 32.2. The Bertz CT molecular complexity index is 605. The lowest BCUT2D eigenvalue weighted by Crippen LogP contribution is -2.19. The minimum absolute atomic E-state index is 0.722. The number of hydrogen-bond donors (Lipinski definition) is 0. The molecule has 0 aliphatic carbocycles. The molecule has 0 fully saturated rings. The summed E-state index contributed by atoms with van der Waals surface area (Å²) in [6, 6.07) is 9.76. The molecular weight excluding hydrogens is 270 g/mol. The molecular formula is C15H19N3OS. The van der Waals surface area contributed by atoms with E-state index in [1.54, 1.807) is 6.26 Å². The van der Waals surface area contributed by atoms with E-state index in [9.17, 15) is 4.21 Å². The molecule has 1 atom stereocenters. The van der Waals surface area contributed by atoms with Gasteiger partial charge in [-0.3, -0.25) is 4.21 Å². The Hall–Kier alpha value is -1.75. The molecule has 1 heterocycles. The molecule has 20 heavy (non-hydrogen) atoms. The van der Waals surface area contributed by atoms with Crippen molar-refractivity contribution in [3.63, 3.8) is 0 Å². The summed E-state index contributed by atoms with van der Waals surface area (Å²) >= 11 is 0. The number of benzene rings is 1. The molecule has 2 rings (SSSR count). The fourth-order valence-corrected chi connectivity index (χ4v) is 2.53. The van der Waals surface area contributed by atoms with Gasteiger partial charge in [0.25, 0.3) is 0 Å². The second kappa shape index (κ2) is 6.13. The van der Waals surface area contributed by atoms with Gasteiger partial charge in [-0.05, 0) is 37.6 Å². The Morgan fingerprint density at radius 1 is 1.10 bits per heavy atom. The quantitative estimate of drug-likeness (QED) is 0.867. The molecule has 2 aromatic rings. The Morgan fingerprint density at radius 3 is 2.15 bits per heavy atom. The van der Waals surface area contributed by atoms with E-state index in [0.717, 1.165) is 34.3 Å². The summed E-state index contributed by atoms with van der Waals surface area (Å²) in [4.78, 5) is 11.7. The maximum atomic E-state index is 11.4. The van der Waals surface area contributed by atoms with E-state index in [-0.39, 0.29) is 0 Å². The number of aryl methyl sites for hydroxylation is 2. The van der Waals surface area contributed by atoms with E-state index >= 15 is 0 Å². The van der Waals surface area contributed by atoms with Gasteiger partial charge in [0.15, 0.2) is 0 Å². The van der Waals surface area contributed by atoms with Crippen molar-refractivity contribution in [2.24, 2.45) is 0 Å². The van der Waals surface area contributed by atoms with Gasteiger partial charge in [0.05, 0.1) is 0 Å². The van der Waals surface area contributed by atoms with Gasteiger partial charge in [-0.1, -0.05) is 12.1 Å². The highest BCUT2D eigenvalue weighted by molar-refractivity contribution is 7.84. The highest BCUT2D eigenvalue weighted by Crippen LogP contribution is 2.13. The zero-order valence-electron chi connectivity index (χ0n) is 12.3. The van der Waals surface area contributed by atoms with Gasteiger partial charge in [-0.2, -0.15) is 0 Å². The van der Waals surface area contributed by atoms with Crippen LogP contribution in [0.25, 0.3) is 0 Å². The first-order valence-corrected chi connectivity index (χ1v) is 7.97. The number of nitrogens with zero attached hydrogens (tertiary/aromatic N) is 3. The van der Waals surface area contributed by atoms with Crippen LogP contribution < -0.4 is 4.90 Å². The number of anilines is 1. The normalized spacial score (nSPS) is 12.2. The van der Waals surface area contributed by atoms with Crippen LogP contribution in [-0.4, -0.2) is 27.5 Å². The van der Waals surface area contributed by atoms with Crippen LogP contribution >= 0.6 is 0 Å². The fourth-order valence-electron chi connectivity index (χ4n) is 2.01. The predicted molar refractivity (Wildman–Crippen MR) is 82.4 cm³/mol. The molecule has 0 unspecified atom stereocenters. The van der Waals surface area contributed by atoms with Crippen LogP contribution in [0.3, 0.4) is 0 Å². The molecule has 0 N–H and O–H groups in total. The predicted octanol–water partition coefficient (Wildman–Crippen LogP) is 2.47. The lowest BCUT2D eigenvalue weighted by atomic mass is 10.2. The molecule has 0 aliphatic rings. The minimum atomic E-state index is -0.930. The van der Waals surface area contributed by atoms with Gasteiger partial charge in [0.1, 0.15) is 0 Å². The summed E-state index contributed by atoms with van der Waals surface area (Å²) in [6.45, 7) is 4.66. The molecule has 1 aromatic carbocycles. The second-order valence-corrected chi connectivity index (χ2v) is 6.28. The Morgan fingerprint density at radius 2 is 1.65 bits per heavy atom. The van der Waals surface area contributed by atoms with Crippen molar-refractivity contribution >= 4 is 16.7 Å². The van der Waals surface area contributed by atoms with Gasteiger partial charge < -0.3 is 4.90 Å². The Labute approximate surface area is 122 Å². The first-order valence-electron chi connectivity index (χ1n) is 6.41. The zero-order chi connectivity index (χ0) is 14.7. The maximum absolute atomic E-state index is 11.4. The van der Waals surface area contributed by atoms with Crippen molar-refractivity contribution in [3.05, 3.63) is 47.3 Å². The van der Waals surface area contributed by atoms with E-state index in [2.05, 4.69) is 9.97 Å². The Kier molecular flexibility index (Phi) is 4.49. The monoisotopic (exact) mass is 289 g/mol. The van der Waals surface area contributed by atoms with Crippen LogP contribution in [0.15, 0.2) is 35.2 Å². The van der Waals surface area contributed by atoms with Gasteiger partial charge >= 0.3 is 0 Å². The van der Waals surface area contributed by atoms with E-state index in [0.29, 0.717) is 0 Å². The Balaban J connectivity index is 2.14. The SMILES string of the molecule is Cc1cc(C)nc(N(C)Cc2ccc([S@@](C)=O)cc2)n1. The summed E-state index contributed by atoms with van der Waals surface area (Å²) < 4.78 is 11.4. The van der Waals surface area contributed by atoms with E-state index in [4.69, 9.17) is 0 Å². The van der Waals surface area contributed by atoms with Gasteiger partial charge in [0, 0.05) is 46.9 Å². The molecule has 4 nitrogen and oxygen atoms in total. The van der Waals surface area contributed by atoms with Crippen molar-refractivity contribution in [2.75, 3.05) is 18.2 Å². The largest absolute Gasteiger partial charge is 0.340 e. The van der Waals surface area contributed by atoms with Crippen molar-refractivity contribution in [1.29, 1.82) is 0 Å². The topological polar surface area (TPSA) is 46.1 Å².